The van der Waals surface area contributed by atoms with E-state index in [2.05, 4.69) is 10.6 Å². The highest BCUT2D eigenvalue weighted by molar-refractivity contribution is 7.98. The van der Waals surface area contributed by atoms with Gasteiger partial charge in [0.2, 0.25) is 11.8 Å². The third-order valence-electron chi connectivity index (χ3n) is 5.87. The molecular weight excluding hydrogens is 466 g/mol. The van der Waals surface area contributed by atoms with Crippen LogP contribution >= 0.6 is 11.8 Å². The summed E-state index contributed by atoms with van der Waals surface area (Å²) in [6, 6.07) is 4.58. The van der Waals surface area contributed by atoms with Crippen LogP contribution in [-0.2, 0) is 14.3 Å². The molecular formula is C26H41N3O5S. The van der Waals surface area contributed by atoms with Gasteiger partial charge in [-0.1, -0.05) is 38.5 Å². The number of para-hydroxylation sites is 1. The van der Waals surface area contributed by atoms with Crippen molar-refractivity contribution in [2.75, 3.05) is 18.6 Å². The second-order valence-electron chi connectivity index (χ2n) is 10.1. The Morgan fingerprint density at radius 2 is 1.91 bits per heavy atom. The molecule has 1 aliphatic carbocycles. The predicted octanol–water partition coefficient (Wildman–Crippen LogP) is 4.23. The number of nitrogens with one attached hydrogen (secondary N) is 2. The van der Waals surface area contributed by atoms with E-state index in [1.54, 1.807) is 55.6 Å². The molecule has 0 heterocycles. The van der Waals surface area contributed by atoms with Crippen LogP contribution in [0.4, 0.5) is 4.79 Å². The average molecular weight is 508 g/mol. The number of rotatable bonds is 12. The lowest BCUT2D eigenvalue weighted by Gasteiger charge is -2.35. The molecule has 1 aliphatic rings. The first-order valence-electron chi connectivity index (χ1n) is 12.4. The van der Waals surface area contributed by atoms with Crippen LogP contribution in [0, 0.1) is 5.92 Å². The number of amides is 3. The van der Waals surface area contributed by atoms with Crippen molar-refractivity contribution in [3.8, 4) is 5.75 Å². The monoisotopic (exact) mass is 507 g/mol. The number of aromatic hydroxyl groups is 1. The summed E-state index contributed by atoms with van der Waals surface area (Å²) in [5.41, 5.74) is -0.339. The fourth-order valence-electron chi connectivity index (χ4n) is 3.92. The fraction of sp³-hybridized carbons (Fsp3) is 0.654. The standard InChI is InChI=1S/C26H41N3O5S/c1-7-8-14-27-23(31)22(18-11-9-10-12-21(18)30)29(20-16-17(20)2)24(32)19(13-15-35-6)28-25(33)34-26(3,4)5/h9-12,17,19-20,22,30H,7-8,13-16H2,1-6H3,(H,27,31)(H,28,33). The lowest BCUT2D eigenvalue weighted by molar-refractivity contribution is -0.143. The molecule has 3 amide bonds. The number of thioether (sulfide) groups is 1. The first-order valence-corrected chi connectivity index (χ1v) is 13.8. The van der Waals surface area contributed by atoms with E-state index < -0.39 is 23.8 Å². The lowest BCUT2D eigenvalue weighted by atomic mass is 10.0. The van der Waals surface area contributed by atoms with Gasteiger partial charge in [-0.25, -0.2) is 4.79 Å². The summed E-state index contributed by atoms with van der Waals surface area (Å²) in [5, 5.41) is 16.3. The van der Waals surface area contributed by atoms with E-state index in [0.29, 0.717) is 24.3 Å². The maximum Gasteiger partial charge on any atom is 0.408 e. The van der Waals surface area contributed by atoms with Gasteiger partial charge < -0.3 is 25.4 Å². The van der Waals surface area contributed by atoms with Gasteiger partial charge in [0.05, 0.1) is 0 Å². The number of hydrogen-bond acceptors (Lipinski definition) is 6. The van der Waals surface area contributed by atoms with Gasteiger partial charge in [0, 0.05) is 18.2 Å². The largest absolute Gasteiger partial charge is 0.508 e. The number of carbonyl (C=O) groups is 3. The van der Waals surface area contributed by atoms with E-state index in [0.717, 1.165) is 19.3 Å². The SMILES string of the molecule is CCCCNC(=O)C(c1ccccc1O)N(C(=O)C(CCSC)NC(=O)OC(C)(C)C)C1CC1C. The molecule has 196 valence electrons. The molecule has 0 radical (unpaired) electrons. The zero-order chi connectivity index (χ0) is 26.2. The predicted molar refractivity (Wildman–Crippen MR) is 139 cm³/mol. The van der Waals surface area contributed by atoms with Crippen molar-refractivity contribution in [3.05, 3.63) is 29.8 Å². The van der Waals surface area contributed by atoms with Crippen LogP contribution in [0.15, 0.2) is 24.3 Å². The highest BCUT2D eigenvalue weighted by atomic mass is 32.2. The van der Waals surface area contributed by atoms with E-state index in [1.165, 1.54) is 6.07 Å². The normalized spacial score (nSPS) is 18.8. The van der Waals surface area contributed by atoms with E-state index in [1.807, 2.05) is 20.1 Å². The molecule has 1 aromatic rings. The summed E-state index contributed by atoms with van der Waals surface area (Å²) in [4.78, 5) is 41.6. The number of hydrogen-bond donors (Lipinski definition) is 3. The number of ether oxygens (including phenoxy) is 1. The molecule has 2 rings (SSSR count). The smallest absolute Gasteiger partial charge is 0.408 e. The first-order chi connectivity index (χ1) is 16.5. The highest BCUT2D eigenvalue weighted by Gasteiger charge is 2.48. The van der Waals surface area contributed by atoms with Crippen LogP contribution in [0.1, 0.15) is 71.9 Å². The van der Waals surface area contributed by atoms with E-state index >= 15 is 0 Å². The zero-order valence-corrected chi connectivity index (χ0v) is 22.6. The molecule has 1 aromatic carbocycles. The van der Waals surface area contributed by atoms with Gasteiger partial charge >= 0.3 is 6.09 Å². The van der Waals surface area contributed by atoms with Gasteiger partial charge in [0.25, 0.3) is 0 Å². The van der Waals surface area contributed by atoms with Crippen LogP contribution < -0.4 is 10.6 Å². The molecule has 8 nitrogen and oxygen atoms in total. The van der Waals surface area contributed by atoms with Crippen molar-refractivity contribution < 1.29 is 24.2 Å². The van der Waals surface area contributed by atoms with Crippen LogP contribution in [0.25, 0.3) is 0 Å². The Morgan fingerprint density at radius 3 is 2.46 bits per heavy atom. The van der Waals surface area contributed by atoms with Crippen LogP contribution in [-0.4, -0.2) is 64.2 Å². The average Bonchev–Trinajstić information content (AvgIpc) is 3.49. The van der Waals surface area contributed by atoms with Gasteiger partial charge in [-0.3, -0.25) is 9.59 Å². The number of phenolic OH excluding ortho intramolecular Hbond substituents is 1. The molecule has 0 bridgehead atoms. The first kappa shape index (κ1) is 28.8. The van der Waals surface area contributed by atoms with Crippen molar-refractivity contribution in [2.45, 2.75) is 84.0 Å². The molecule has 3 N–H and O–H groups in total. The summed E-state index contributed by atoms with van der Waals surface area (Å²) in [7, 11) is 0. The second kappa shape index (κ2) is 13.0. The minimum Gasteiger partial charge on any atom is -0.508 e. The number of benzene rings is 1. The van der Waals surface area contributed by atoms with Crippen molar-refractivity contribution in [1.82, 2.24) is 15.5 Å². The Morgan fingerprint density at radius 1 is 1.26 bits per heavy atom. The topological polar surface area (TPSA) is 108 Å². The Hall–Kier alpha value is -2.42. The minimum absolute atomic E-state index is 0.0463. The summed E-state index contributed by atoms with van der Waals surface area (Å²) in [6.07, 6.45) is 4.13. The van der Waals surface area contributed by atoms with Crippen LogP contribution in [0.5, 0.6) is 5.75 Å². The van der Waals surface area contributed by atoms with E-state index in [4.69, 9.17) is 4.74 Å². The molecule has 35 heavy (non-hydrogen) atoms. The van der Waals surface area contributed by atoms with Gasteiger partial charge in [0.1, 0.15) is 23.4 Å². The van der Waals surface area contributed by atoms with Crippen molar-refractivity contribution in [1.29, 1.82) is 0 Å². The molecule has 1 fully saturated rings. The second-order valence-corrected chi connectivity index (χ2v) is 11.1. The Labute approximate surface area is 213 Å². The number of alkyl carbamates (subject to hydrolysis) is 1. The number of unbranched alkanes of at least 4 members (excludes halogenated alkanes) is 1. The molecule has 0 aliphatic heterocycles. The molecule has 0 saturated heterocycles. The van der Waals surface area contributed by atoms with Crippen LogP contribution in [0.3, 0.4) is 0 Å². The molecule has 0 aromatic heterocycles. The van der Waals surface area contributed by atoms with Crippen molar-refractivity contribution in [2.24, 2.45) is 5.92 Å². The van der Waals surface area contributed by atoms with Crippen molar-refractivity contribution >= 4 is 29.7 Å². The molecule has 1 saturated carbocycles. The van der Waals surface area contributed by atoms with E-state index in [-0.39, 0.29) is 29.5 Å². The van der Waals surface area contributed by atoms with E-state index in [9.17, 15) is 19.5 Å². The van der Waals surface area contributed by atoms with Crippen molar-refractivity contribution in [3.63, 3.8) is 0 Å². The zero-order valence-electron chi connectivity index (χ0n) is 21.8. The van der Waals surface area contributed by atoms with Gasteiger partial charge in [-0.15, -0.1) is 0 Å². The van der Waals surface area contributed by atoms with Crippen LogP contribution in [0.2, 0.25) is 0 Å². The third kappa shape index (κ3) is 8.63. The summed E-state index contributed by atoms with van der Waals surface area (Å²) in [6.45, 7) is 9.83. The maximum absolute atomic E-state index is 14.0. The van der Waals surface area contributed by atoms with Gasteiger partial charge in [-0.2, -0.15) is 11.8 Å². The number of phenols is 1. The highest BCUT2D eigenvalue weighted by Crippen LogP contribution is 2.42. The number of carbonyl (C=O) groups excluding carboxylic acids is 3. The molecule has 9 heteroatoms. The summed E-state index contributed by atoms with van der Waals surface area (Å²) < 4.78 is 5.41. The molecule has 0 spiro atoms. The van der Waals surface area contributed by atoms with Gasteiger partial charge in [-0.05, 0) is 64.0 Å². The Kier molecular flexibility index (Phi) is 10.7. The Bertz CT molecular complexity index is 873. The van der Waals surface area contributed by atoms with Gasteiger partial charge in [0.15, 0.2) is 0 Å². The Balaban J connectivity index is 2.44. The maximum atomic E-state index is 14.0. The minimum atomic E-state index is -1.01. The lowest BCUT2D eigenvalue weighted by Crippen LogP contribution is -2.54. The summed E-state index contributed by atoms with van der Waals surface area (Å²) in [5.74, 6) is 0.115. The number of nitrogens with zero attached hydrogens (tertiary/aromatic N) is 1. The third-order valence-corrected chi connectivity index (χ3v) is 6.51. The molecule has 4 atom stereocenters. The quantitative estimate of drug-likeness (QED) is 0.366. The fourth-order valence-corrected chi connectivity index (χ4v) is 4.39. The summed E-state index contributed by atoms with van der Waals surface area (Å²) >= 11 is 1.57. The molecule has 4 unspecified atom stereocenters.